The number of carbonyl (C=O) groups excluding carboxylic acids is 2. The van der Waals surface area contributed by atoms with Gasteiger partial charge in [0.25, 0.3) is 5.91 Å². The van der Waals surface area contributed by atoms with E-state index >= 15 is 0 Å². The van der Waals surface area contributed by atoms with Crippen molar-refractivity contribution in [3.05, 3.63) is 57.8 Å². The third kappa shape index (κ3) is 3.68. The summed E-state index contributed by atoms with van der Waals surface area (Å²) < 4.78 is 4.61. The van der Waals surface area contributed by atoms with Gasteiger partial charge in [-0.25, -0.2) is 4.79 Å². The van der Waals surface area contributed by atoms with Gasteiger partial charge in [-0.05, 0) is 24.1 Å². The molecular weight excluding hydrogens is 274 g/mol. The number of carbonyl (C=O) groups is 2. The van der Waals surface area contributed by atoms with Crippen LogP contribution in [0.3, 0.4) is 0 Å². The second-order valence-corrected chi connectivity index (χ2v) is 5.23. The number of rotatable bonds is 5. The van der Waals surface area contributed by atoms with Gasteiger partial charge in [-0.3, -0.25) is 4.79 Å². The van der Waals surface area contributed by atoms with Gasteiger partial charge in [0.05, 0.1) is 12.0 Å². The van der Waals surface area contributed by atoms with E-state index in [-0.39, 0.29) is 5.91 Å². The summed E-state index contributed by atoms with van der Waals surface area (Å²) in [6.45, 7) is 0.564. The van der Waals surface area contributed by atoms with Crippen molar-refractivity contribution in [1.29, 1.82) is 0 Å². The van der Waals surface area contributed by atoms with Crippen LogP contribution in [0.2, 0.25) is 0 Å². The van der Waals surface area contributed by atoms with Crippen molar-refractivity contribution in [2.45, 2.75) is 6.42 Å². The van der Waals surface area contributed by atoms with Gasteiger partial charge in [0.1, 0.15) is 4.88 Å². The normalized spacial score (nSPS) is 10.1. The zero-order chi connectivity index (χ0) is 14.4. The predicted octanol–water partition coefficient (Wildman–Crippen LogP) is 2.51. The van der Waals surface area contributed by atoms with Crippen molar-refractivity contribution in [3.63, 3.8) is 0 Å². The number of nitrogens with one attached hydrogen (secondary N) is 1. The first kappa shape index (κ1) is 14.3. The van der Waals surface area contributed by atoms with Crippen LogP contribution < -0.4 is 5.32 Å². The van der Waals surface area contributed by atoms with E-state index in [2.05, 4.69) is 10.1 Å². The zero-order valence-electron chi connectivity index (χ0n) is 11.1. The molecule has 20 heavy (non-hydrogen) atoms. The van der Waals surface area contributed by atoms with Gasteiger partial charge in [0.2, 0.25) is 0 Å². The lowest BCUT2D eigenvalue weighted by Crippen LogP contribution is -2.24. The summed E-state index contributed by atoms with van der Waals surface area (Å²) in [5.41, 5.74) is 1.18. The minimum Gasteiger partial charge on any atom is -0.465 e. The van der Waals surface area contributed by atoms with Crippen molar-refractivity contribution in [1.82, 2.24) is 5.32 Å². The maximum Gasteiger partial charge on any atom is 0.348 e. The number of thiophene rings is 1. The first-order valence-corrected chi connectivity index (χ1v) is 7.02. The summed E-state index contributed by atoms with van der Waals surface area (Å²) in [5, 5.41) is 2.84. The maximum absolute atomic E-state index is 11.9. The Hall–Kier alpha value is -2.14. The predicted molar refractivity (Wildman–Crippen MR) is 78.1 cm³/mol. The molecule has 1 N–H and O–H groups in total. The first-order chi connectivity index (χ1) is 9.70. The largest absolute Gasteiger partial charge is 0.465 e. The van der Waals surface area contributed by atoms with Crippen LogP contribution in [0.25, 0.3) is 0 Å². The molecule has 0 atom stereocenters. The van der Waals surface area contributed by atoms with Crippen molar-refractivity contribution in [2.75, 3.05) is 13.7 Å². The van der Waals surface area contributed by atoms with E-state index in [1.807, 2.05) is 30.3 Å². The highest BCUT2D eigenvalue weighted by Gasteiger charge is 2.13. The topological polar surface area (TPSA) is 55.4 Å². The molecule has 1 heterocycles. The molecule has 1 aromatic heterocycles. The average molecular weight is 289 g/mol. The molecule has 1 aromatic carbocycles. The number of benzene rings is 1. The zero-order valence-corrected chi connectivity index (χ0v) is 11.9. The SMILES string of the molecule is COC(=O)c1ccc(C(=O)NCCc2ccccc2)s1. The van der Waals surface area contributed by atoms with Gasteiger partial charge in [-0.1, -0.05) is 30.3 Å². The fourth-order valence-corrected chi connectivity index (χ4v) is 2.56. The fourth-order valence-electron chi connectivity index (χ4n) is 1.72. The van der Waals surface area contributed by atoms with Crippen LogP contribution >= 0.6 is 11.3 Å². The highest BCUT2D eigenvalue weighted by molar-refractivity contribution is 7.15. The van der Waals surface area contributed by atoms with E-state index in [4.69, 9.17) is 0 Å². The highest BCUT2D eigenvalue weighted by atomic mass is 32.1. The van der Waals surface area contributed by atoms with Gasteiger partial charge < -0.3 is 10.1 Å². The minimum atomic E-state index is -0.418. The van der Waals surface area contributed by atoms with E-state index in [0.29, 0.717) is 16.3 Å². The van der Waals surface area contributed by atoms with Gasteiger partial charge >= 0.3 is 5.97 Å². The summed E-state index contributed by atoms with van der Waals surface area (Å²) in [6.07, 6.45) is 0.780. The molecule has 2 rings (SSSR count). The van der Waals surface area contributed by atoms with Gasteiger partial charge in [-0.15, -0.1) is 11.3 Å². The van der Waals surface area contributed by atoms with Crippen molar-refractivity contribution < 1.29 is 14.3 Å². The van der Waals surface area contributed by atoms with Crippen LogP contribution in [-0.2, 0) is 11.2 Å². The van der Waals surface area contributed by atoms with Crippen LogP contribution in [-0.4, -0.2) is 25.5 Å². The number of ether oxygens (including phenoxy) is 1. The van der Waals surface area contributed by atoms with E-state index in [1.54, 1.807) is 12.1 Å². The average Bonchev–Trinajstić information content (AvgIpc) is 2.97. The molecule has 5 heteroatoms. The third-order valence-corrected chi connectivity index (χ3v) is 3.82. The summed E-state index contributed by atoms with van der Waals surface area (Å²) >= 11 is 1.13. The number of hydrogen-bond acceptors (Lipinski definition) is 4. The Labute approximate surface area is 121 Å². The second-order valence-electron chi connectivity index (χ2n) is 4.15. The summed E-state index contributed by atoms with van der Waals surface area (Å²) in [5.74, 6) is -0.584. The van der Waals surface area contributed by atoms with E-state index in [9.17, 15) is 9.59 Å². The molecule has 0 saturated carbocycles. The van der Waals surface area contributed by atoms with Crippen molar-refractivity contribution >= 4 is 23.2 Å². The van der Waals surface area contributed by atoms with Crippen LogP contribution in [0, 0.1) is 0 Å². The summed E-state index contributed by atoms with van der Waals surface area (Å²) in [7, 11) is 1.32. The first-order valence-electron chi connectivity index (χ1n) is 6.21. The van der Waals surface area contributed by atoms with Crippen molar-refractivity contribution in [2.24, 2.45) is 0 Å². The highest BCUT2D eigenvalue weighted by Crippen LogP contribution is 2.17. The monoisotopic (exact) mass is 289 g/mol. The lowest BCUT2D eigenvalue weighted by molar-refractivity contribution is 0.0606. The number of esters is 1. The van der Waals surface area contributed by atoms with E-state index in [0.717, 1.165) is 17.8 Å². The molecule has 0 saturated heterocycles. The molecule has 2 aromatic rings. The second kappa shape index (κ2) is 6.86. The van der Waals surface area contributed by atoms with E-state index in [1.165, 1.54) is 12.7 Å². The van der Waals surface area contributed by atoms with Crippen LogP contribution in [0.5, 0.6) is 0 Å². The summed E-state index contributed by atoms with van der Waals surface area (Å²) in [4.78, 5) is 24.2. The van der Waals surface area contributed by atoms with Gasteiger partial charge in [0, 0.05) is 6.54 Å². The lowest BCUT2D eigenvalue weighted by Gasteiger charge is -2.03. The van der Waals surface area contributed by atoms with Gasteiger partial charge in [-0.2, -0.15) is 0 Å². The molecule has 4 nitrogen and oxygen atoms in total. The molecule has 1 amide bonds. The Morgan fingerprint density at radius 2 is 1.80 bits per heavy atom. The Morgan fingerprint density at radius 1 is 1.10 bits per heavy atom. The molecular formula is C15H15NO3S. The van der Waals surface area contributed by atoms with Gasteiger partial charge in [0.15, 0.2) is 0 Å². The minimum absolute atomic E-state index is 0.166. The molecule has 0 aliphatic rings. The summed E-state index contributed by atoms with van der Waals surface area (Å²) in [6, 6.07) is 13.2. The third-order valence-electron chi connectivity index (χ3n) is 2.76. The molecule has 0 bridgehead atoms. The number of amides is 1. The standard InChI is InChI=1S/C15H15NO3S/c1-19-15(18)13-8-7-12(20-13)14(17)16-10-9-11-5-3-2-4-6-11/h2-8H,9-10H2,1H3,(H,16,17). The van der Waals surface area contributed by atoms with E-state index < -0.39 is 5.97 Å². The molecule has 0 aliphatic heterocycles. The molecule has 0 fully saturated rings. The molecule has 0 unspecified atom stereocenters. The smallest absolute Gasteiger partial charge is 0.348 e. The number of hydrogen-bond donors (Lipinski definition) is 1. The molecule has 0 spiro atoms. The Kier molecular flexibility index (Phi) is 4.90. The Bertz CT molecular complexity index is 592. The quantitative estimate of drug-likeness (QED) is 0.860. The fraction of sp³-hybridized carbons (Fsp3) is 0.200. The molecule has 104 valence electrons. The molecule has 0 aliphatic carbocycles. The van der Waals surface area contributed by atoms with Crippen molar-refractivity contribution in [3.8, 4) is 0 Å². The van der Waals surface area contributed by atoms with Crippen LogP contribution in [0.1, 0.15) is 24.9 Å². The number of methoxy groups -OCH3 is 1. The Balaban J connectivity index is 1.86. The molecule has 0 radical (unpaired) electrons. The Morgan fingerprint density at radius 3 is 2.50 bits per heavy atom. The lowest BCUT2D eigenvalue weighted by atomic mass is 10.1. The van der Waals surface area contributed by atoms with Crippen LogP contribution in [0.4, 0.5) is 0 Å². The maximum atomic E-state index is 11.9. The van der Waals surface area contributed by atoms with Crippen LogP contribution in [0.15, 0.2) is 42.5 Å².